The Hall–Kier alpha value is -3.11. The molecular weight excluding hydrogens is 382 g/mol. The molecule has 3 heterocycles. The van der Waals surface area contributed by atoms with E-state index in [4.69, 9.17) is 11.6 Å². The Bertz CT molecular complexity index is 1220. The first-order valence-corrected chi connectivity index (χ1v) is 10.2. The summed E-state index contributed by atoms with van der Waals surface area (Å²) in [5.41, 5.74) is 2.90. The van der Waals surface area contributed by atoms with Crippen molar-refractivity contribution in [1.82, 2.24) is 9.55 Å². The second-order valence-corrected chi connectivity index (χ2v) is 7.71. The Morgan fingerprint density at radius 3 is 2.52 bits per heavy atom. The monoisotopic (exact) mass is 401 g/mol. The third kappa shape index (κ3) is 3.10. The largest absolute Gasteiger partial charge is 0.363 e. The number of aromatic nitrogens is 2. The fourth-order valence-corrected chi connectivity index (χ4v) is 4.61. The van der Waals surface area contributed by atoms with Crippen molar-refractivity contribution < 1.29 is 0 Å². The van der Waals surface area contributed by atoms with Gasteiger partial charge in [0.1, 0.15) is 0 Å². The number of para-hydroxylation sites is 1. The molecule has 4 nitrogen and oxygen atoms in total. The minimum absolute atomic E-state index is 0.0733. The number of hydrogen-bond acceptors (Lipinski definition) is 3. The zero-order valence-electron chi connectivity index (χ0n) is 15.8. The quantitative estimate of drug-likeness (QED) is 0.462. The molecule has 4 aromatic rings. The number of fused-ring (bicyclic) bond motifs is 1. The zero-order chi connectivity index (χ0) is 19.8. The molecule has 1 saturated heterocycles. The summed E-state index contributed by atoms with van der Waals surface area (Å²) in [5, 5.41) is 1.93. The van der Waals surface area contributed by atoms with Crippen molar-refractivity contribution >= 4 is 28.1 Å². The zero-order valence-corrected chi connectivity index (χ0v) is 16.6. The van der Waals surface area contributed by atoms with E-state index >= 15 is 0 Å². The Kier molecular flexibility index (Phi) is 4.57. The lowest BCUT2D eigenvalue weighted by Crippen LogP contribution is -2.30. The minimum atomic E-state index is -0.0733. The van der Waals surface area contributed by atoms with Gasteiger partial charge in [0, 0.05) is 36.0 Å². The first kappa shape index (κ1) is 18.0. The molecule has 1 atom stereocenters. The highest BCUT2D eigenvalue weighted by Gasteiger charge is 2.30. The lowest BCUT2D eigenvalue weighted by Gasteiger charge is -2.29. The second-order valence-electron chi connectivity index (χ2n) is 7.31. The van der Waals surface area contributed by atoms with Crippen molar-refractivity contribution in [2.45, 2.75) is 18.9 Å². The van der Waals surface area contributed by atoms with E-state index in [9.17, 15) is 4.79 Å². The molecule has 0 radical (unpaired) electrons. The maximum atomic E-state index is 13.6. The van der Waals surface area contributed by atoms with E-state index in [0.29, 0.717) is 10.4 Å². The van der Waals surface area contributed by atoms with Gasteiger partial charge in [-0.25, -0.2) is 0 Å². The van der Waals surface area contributed by atoms with Crippen LogP contribution in [0.25, 0.3) is 16.5 Å². The number of halogens is 1. The molecule has 144 valence electrons. The van der Waals surface area contributed by atoms with Gasteiger partial charge in [0.25, 0.3) is 5.56 Å². The molecule has 0 saturated carbocycles. The van der Waals surface area contributed by atoms with Crippen LogP contribution in [0.4, 0.5) is 5.69 Å². The van der Waals surface area contributed by atoms with Gasteiger partial charge in [-0.3, -0.25) is 14.3 Å². The maximum absolute atomic E-state index is 13.6. The van der Waals surface area contributed by atoms with Crippen LogP contribution in [0.1, 0.15) is 24.6 Å². The van der Waals surface area contributed by atoms with Crippen LogP contribution in [-0.4, -0.2) is 16.1 Å². The SMILES string of the molecule is O=c1c2c(Cl)cccc2cc([C@@H]2CCCN2c2ccncc2)n1-c1ccccc1. The molecule has 2 aromatic carbocycles. The Morgan fingerprint density at radius 1 is 0.931 bits per heavy atom. The Balaban J connectivity index is 1.78. The van der Waals surface area contributed by atoms with Gasteiger partial charge in [0.15, 0.2) is 0 Å². The average molecular weight is 402 g/mol. The lowest BCUT2D eigenvalue weighted by atomic mass is 10.0. The van der Waals surface area contributed by atoms with E-state index in [1.165, 1.54) is 0 Å². The summed E-state index contributed by atoms with van der Waals surface area (Å²) < 4.78 is 1.83. The summed E-state index contributed by atoms with van der Waals surface area (Å²) in [6.07, 6.45) is 5.69. The van der Waals surface area contributed by atoms with Crippen LogP contribution in [0.15, 0.2) is 83.9 Å². The topological polar surface area (TPSA) is 38.1 Å². The van der Waals surface area contributed by atoms with Crippen molar-refractivity contribution in [3.63, 3.8) is 0 Å². The fourth-order valence-electron chi connectivity index (χ4n) is 4.35. The normalized spacial score (nSPS) is 16.4. The highest BCUT2D eigenvalue weighted by atomic mass is 35.5. The van der Waals surface area contributed by atoms with E-state index in [1.807, 2.05) is 71.6 Å². The second kappa shape index (κ2) is 7.37. The Morgan fingerprint density at radius 2 is 1.72 bits per heavy atom. The van der Waals surface area contributed by atoms with Gasteiger partial charge < -0.3 is 4.90 Å². The number of nitrogens with zero attached hydrogens (tertiary/aromatic N) is 3. The molecule has 0 bridgehead atoms. The Labute approximate surface area is 174 Å². The first-order chi connectivity index (χ1) is 14.2. The standard InChI is InChI=1S/C24H20ClN3O/c25-20-9-4-6-17-16-22(21-10-5-15-27(21)18-11-13-26-14-12-18)28(24(29)23(17)20)19-7-2-1-3-8-19/h1-4,6-9,11-14,16,21H,5,10,15H2/t21-/m0/s1. The molecule has 0 amide bonds. The molecule has 0 spiro atoms. The highest BCUT2D eigenvalue weighted by molar-refractivity contribution is 6.35. The summed E-state index contributed by atoms with van der Waals surface area (Å²) in [4.78, 5) is 20.1. The summed E-state index contributed by atoms with van der Waals surface area (Å²) in [7, 11) is 0. The van der Waals surface area contributed by atoms with Crippen molar-refractivity contribution in [2.24, 2.45) is 0 Å². The fraction of sp³-hybridized carbons (Fsp3) is 0.167. The molecular formula is C24H20ClN3O. The third-order valence-corrected chi connectivity index (χ3v) is 5.94. The van der Waals surface area contributed by atoms with Gasteiger partial charge in [-0.1, -0.05) is 41.9 Å². The van der Waals surface area contributed by atoms with Crippen LogP contribution < -0.4 is 10.5 Å². The van der Waals surface area contributed by atoms with Crippen molar-refractivity contribution in [1.29, 1.82) is 0 Å². The molecule has 0 unspecified atom stereocenters. The number of benzene rings is 2. The first-order valence-electron chi connectivity index (χ1n) is 9.80. The summed E-state index contributed by atoms with van der Waals surface area (Å²) in [6, 6.07) is 21.7. The van der Waals surface area contributed by atoms with Gasteiger partial charge in [-0.05, 0) is 54.6 Å². The predicted octanol–water partition coefficient (Wildman–Crippen LogP) is 5.38. The van der Waals surface area contributed by atoms with E-state index < -0.39 is 0 Å². The minimum Gasteiger partial charge on any atom is -0.363 e. The summed E-state index contributed by atoms with van der Waals surface area (Å²) >= 11 is 6.43. The molecule has 1 fully saturated rings. The van der Waals surface area contributed by atoms with Gasteiger partial charge in [0.05, 0.1) is 16.5 Å². The average Bonchev–Trinajstić information content (AvgIpc) is 3.24. The maximum Gasteiger partial charge on any atom is 0.264 e. The van der Waals surface area contributed by atoms with Crippen LogP contribution in [-0.2, 0) is 0 Å². The number of anilines is 1. The predicted molar refractivity (Wildman–Crippen MR) is 118 cm³/mol. The van der Waals surface area contributed by atoms with Crippen molar-refractivity contribution in [3.8, 4) is 5.69 Å². The number of hydrogen-bond donors (Lipinski definition) is 0. The molecule has 5 heteroatoms. The highest BCUT2D eigenvalue weighted by Crippen LogP contribution is 2.37. The van der Waals surface area contributed by atoms with E-state index in [-0.39, 0.29) is 11.6 Å². The van der Waals surface area contributed by atoms with Crippen LogP contribution in [0.2, 0.25) is 5.02 Å². The van der Waals surface area contributed by atoms with Gasteiger partial charge in [-0.15, -0.1) is 0 Å². The molecule has 1 aliphatic heterocycles. The van der Waals surface area contributed by atoms with E-state index in [0.717, 1.165) is 41.8 Å². The third-order valence-electron chi connectivity index (χ3n) is 5.63. The van der Waals surface area contributed by atoms with Crippen LogP contribution in [0, 0.1) is 0 Å². The summed E-state index contributed by atoms with van der Waals surface area (Å²) in [6.45, 7) is 0.950. The molecule has 1 aliphatic rings. The molecule has 29 heavy (non-hydrogen) atoms. The van der Waals surface area contributed by atoms with E-state index in [2.05, 4.69) is 16.0 Å². The molecule has 0 N–H and O–H groups in total. The summed E-state index contributed by atoms with van der Waals surface area (Å²) in [5.74, 6) is 0. The van der Waals surface area contributed by atoms with Crippen molar-refractivity contribution in [2.75, 3.05) is 11.4 Å². The van der Waals surface area contributed by atoms with Crippen molar-refractivity contribution in [3.05, 3.63) is 100 Å². The van der Waals surface area contributed by atoms with Crippen LogP contribution >= 0.6 is 11.6 Å². The van der Waals surface area contributed by atoms with Crippen LogP contribution in [0.3, 0.4) is 0 Å². The lowest BCUT2D eigenvalue weighted by molar-refractivity contribution is 0.666. The molecule has 2 aromatic heterocycles. The van der Waals surface area contributed by atoms with Crippen LogP contribution in [0.5, 0.6) is 0 Å². The smallest absolute Gasteiger partial charge is 0.264 e. The van der Waals surface area contributed by atoms with Gasteiger partial charge in [-0.2, -0.15) is 0 Å². The molecule has 5 rings (SSSR count). The number of rotatable bonds is 3. The van der Waals surface area contributed by atoms with E-state index in [1.54, 1.807) is 6.07 Å². The number of pyridine rings is 2. The van der Waals surface area contributed by atoms with Gasteiger partial charge >= 0.3 is 0 Å². The van der Waals surface area contributed by atoms with Gasteiger partial charge in [0.2, 0.25) is 0 Å². The molecule has 0 aliphatic carbocycles.